The Bertz CT molecular complexity index is 192. The number of carbonyl (C=O) groups is 1. The molecule has 0 saturated carbocycles. The predicted octanol–water partition coefficient (Wildman–Crippen LogP) is 2.75. The van der Waals surface area contributed by atoms with Gasteiger partial charge in [-0.15, -0.1) is 0 Å². The van der Waals surface area contributed by atoms with Crippen molar-refractivity contribution in [2.75, 3.05) is 0 Å². The first-order chi connectivity index (χ1) is 5.57. The normalized spacial score (nSPS) is 15.2. The van der Waals surface area contributed by atoms with Crippen LogP contribution < -0.4 is 0 Å². The van der Waals surface area contributed by atoms with E-state index in [1.165, 1.54) is 0 Å². The van der Waals surface area contributed by atoms with E-state index in [1.807, 2.05) is 13.8 Å². The van der Waals surface area contributed by atoms with Crippen molar-refractivity contribution < 1.29 is 9.53 Å². The molecule has 0 amide bonds. The Labute approximate surface area is 82.5 Å². The lowest BCUT2D eigenvalue weighted by Gasteiger charge is -2.39. The second kappa shape index (κ2) is 3.73. The number of carbonyl (C=O) groups excluding carboxylic acids is 1. The number of hydrogen-bond acceptors (Lipinski definition) is 2. The molecular weight excluding hydrogens is 163 g/mol. The Morgan fingerprint density at radius 2 is 1.62 bits per heavy atom. The summed E-state index contributed by atoms with van der Waals surface area (Å²) in [5.41, 5.74) is -0.414. The van der Waals surface area contributed by atoms with Crippen LogP contribution in [0.4, 0.5) is 4.79 Å². The van der Waals surface area contributed by atoms with Gasteiger partial charge in [0.2, 0.25) is 13.7 Å². The molecule has 1 unspecified atom stereocenters. The minimum Gasteiger partial charge on any atom is -0.468 e. The smallest absolute Gasteiger partial charge is 0.236 e. The van der Waals surface area contributed by atoms with Gasteiger partial charge in [0.25, 0.3) is 0 Å². The van der Waals surface area contributed by atoms with Crippen LogP contribution in [0.2, 0.25) is 0 Å². The molecule has 0 aromatic heterocycles. The Morgan fingerprint density at radius 1 is 1.23 bits per heavy atom. The molecule has 0 fully saturated rings. The number of ether oxygens (including phenoxy) is 1. The van der Waals surface area contributed by atoms with Crippen molar-refractivity contribution >= 4 is 13.7 Å². The van der Waals surface area contributed by atoms with Crippen molar-refractivity contribution in [3.05, 3.63) is 0 Å². The first kappa shape index (κ1) is 12.5. The van der Waals surface area contributed by atoms with Crippen LogP contribution in [0.5, 0.6) is 0 Å². The highest BCUT2D eigenvalue weighted by atomic mass is 16.5. The van der Waals surface area contributed by atoms with E-state index in [0.717, 1.165) is 0 Å². The Hall–Kier alpha value is -0.465. The fourth-order valence-corrected chi connectivity index (χ4v) is 1.39. The predicted molar refractivity (Wildman–Crippen MR) is 54.9 cm³/mol. The van der Waals surface area contributed by atoms with Crippen molar-refractivity contribution in [3.8, 4) is 0 Å². The Morgan fingerprint density at radius 3 is 1.85 bits per heavy atom. The molecule has 2 radical (unpaired) electrons. The summed E-state index contributed by atoms with van der Waals surface area (Å²) in [7, 11) is 5.00. The maximum Gasteiger partial charge on any atom is 0.236 e. The molecule has 0 aliphatic heterocycles. The van der Waals surface area contributed by atoms with Gasteiger partial charge in [-0.2, -0.15) is 0 Å². The molecule has 1 atom stereocenters. The minimum atomic E-state index is -0.707. The first-order valence-corrected chi connectivity index (χ1v) is 4.56. The summed E-state index contributed by atoms with van der Waals surface area (Å²) < 4.78 is 5.06. The molecule has 13 heavy (non-hydrogen) atoms. The van der Waals surface area contributed by atoms with E-state index in [9.17, 15) is 4.79 Å². The van der Waals surface area contributed by atoms with Crippen LogP contribution in [-0.2, 0) is 4.74 Å². The Kier molecular flexibility index (Phi) is 3.59. The van der Waals surface area contributed by atoms with Gasteiger partial charge in [0.1, 0.15) is 5.60 Å². The molecule has 0 heterocycles. The quantitative estimate of drug-likeness (QED) is 0.613. The average molecular weight is 182 g/mol. The third kappa shape index (κ3) is 3.84. The zero-order valence-electron chi connectivity index (χ0n) is 9.47. The Balaban J connectivity index is 4.54. The van der Waals surface area contributed by atoms with Crippen LogP contribution in [0.15, 0.2) is 0 Å². The lowest BCUT2D eigenvalue weighted by atomic mass is 9.73. The highest BCUT2D eigenvalue weighted by Crippen LogP contribution is 2.36. The highest BCUT2D eigenvalue weighted by Gasteiger charge is 2.36. The summed E-state index contributed by atoms with van der Waals surface area (Å²) in [5.74, 6) is -0.464. The van der Waals surface area contributed by atoms with Gasteiger partial charge < -0.3 is 4.74 Å². The third-order valence-corrected chi connectivity index (χ3v) is 2.71. The van der Waals surface area contributed by atoms with Gasteiger partial charge in [-0.1, -0.05) is 27.7 Å². The van der Waals surface area contributed by atoms with Crippen LogP contribution >= 0.6 is 0 Å². The summed E-state index contributed by atoms with van der Waals surface area (Å²) in [5, 5.41) is 0. The van der Waals surface area contributed by atoms with Crippen molar-refractivity contribution in [3.63, 3.8) is 0 Å². The molecule has 2 nitrogen and oxygen atoms in total. The van der Waals surface area contributed by atoms with Gasteiger partial charge >= 0.3 is 0 Å². The van der Waals surface area contributed by atoms with Crippen LogP contribution in [0.3, 0.4) is 0 Å². The van der Waals surface area contributed by atoms with Crippen LogP contribution in [-0.4, -0.2) is 19.3 Å². The monoisotopic (exact) mass is 182 g/mol. The van der Waals surface area contributed by atoms with Gasteiger partial charge in [0.05, 0.1) is 0 Å². The van der Waals surface area contributed by atoms with Gasteiger partial charge in [-0.3, -0.25) is 4.79 Å². The molecule has 3 heteroatoms. The summed E-state index contributed by atoms with van der Waals surface area (Å²) in [6.45, 7) is 12.2. The molecule has 0 rings (SSSR count). The van der Waals surface area contributed by atoms with E-state index in [0.29, 0.717) is 0 Å². The number of rotatable bonds is 2. The van der Waals surface area contributed by atoms with Crippen molar-refractivity contribution in [1.29, 1.82) is 0 Å². The standard InChI is InChI=1S/C10H19BO2/c1-7(9(2,3)4)10(5,6)13-8(11)12/h7H,1-6H3. The molecule has 0 aromatic rings. The van der Waals surface area contributed by atoms with Crippen molar-refractivity contribution in [2.24, 2.45) is 11.3 Å². The van der Waals surface area contributed by atoms with Gasteiger partial charge in [-0.25, -0.2) is 0 Å². The largest absolute Gasteiger partial charge is 0.468 e. The van der Waals surface area contributed by atoms with Crippen molar-refractivity contribution in [2.45, 2.75) is 47.1 Å². The fraction of sp³-hybridized carbons (Fsp3) is 0.900. The second-order valence-electron chi connectivity index (χ2n) is 5.11. The summed E-state index contributed by atoms with van der Waals surface area (Å²) >= 11 is 0. The van der Waals surface area contributed by atoms with Gasteiger partial charge in [0, 0.05) is 5.92 Å². The molecule has 0 spiro atoms. The highest BCUT2D eigenvalue weighted by molar-refractivity contribution is 6.55. The summed E-state index contributed by atoms with van der Waals surface area (Å²) in [4.78, 5) is 10.6. The zero-order valence-corrected chi connectivity index (χ0v) is 9.47. The number of hydrogen-bond donors (Lipinski definition) is 0. The molecule has 0 aliphatic rings. The third-order valence-electron chi connectivity index (χ3n) is 2.71. The topological polar surface area (TPSA) is 26.3 Å². The molecule has 0 bridgehead atoms. The second-order valence-corrected chi connectivity index (χ2v) is 5.11. The molecular formula is C10H19BO2. The lowest BCUT2D eigenvalue weighted by molar-refractivity contribution is -0.0266. The maximum absolute atomic E-state index is 10.6. The molecule has 0 N–H and O–H groups in total. The van der Waals surface area contributed by atoms with E-state index in [1.54, 1.807) is 0 Å². The maximum atomic E-state index is 10.6. The van der Waals surface area contributed by atoms with E-state index < -0.39 is 11.5 Å². The zero-order chi connectivity index (χ0) is 10.9. The first-order valence-electron chi connectivity index (χ1n) is 4.56. The average Bonchev–Trinajstić information content (AvgIpc) is 1.80. The van der Waals surface area contributed by atoms with E-state index in [4.69, 9.17) is 12.6 Å². The van der Waals surface area contributed by atoms with E-state index in [2.05, 4.69) is 27.7 Å². The fourth-order valence-electron chi connectivity index (χ4n) is 1.39. The van der Waals surface area contributed by atoms with Gasteiger partial charge in [-0.05, 0) is 19.3 Å². The van der Waals surface area contributed by atoms with Crippen molar-refractivity contribution in [1.82, 2.24) is 0 Å². The molecule has 0 saturated heterocycles. The lowest BCUT2D eigenvalue weighted by Crippen LogP contribution is -2.41. The van der Waals surface area contributed by atoms with Crippen LogP contribution in [0.25, 0.3) is 0 Å². The van der Waals surface area contributed by atoms with Crippen LogP contribution in [0, 0.1) is 11.3 Å². The van der Waals surface area contributed by atoms with E-state index >= 15 is 0 Å². The minimum absolute atomic E-state index is 0.0962. The SMILES string of the molecule is [B]C(=O)OC(C)(C)C(C)C(C)(C)C. The molecule has 0 aromatic carbocycles. The molecule has 74 valence electrons. The van der Waals surface area contributed by atoms with E-state index in [-0.39, 0.29) is 11.3 Å². The summed E-state index contributed by atoms with van der Waals surface area (Å²) in [6, 6.07) is 0. The van der Waals surface area contributed by atoms with Gasteiger partial charge in [0.15, 0.2) is 0 Å². The van der Waals surface area contributed by atoms with Crippen LogP contribution in [0.1, 0.15) is 41.5 Å². The molecule has 0 aliphatic carbocycles. The summed E-state index contributed by atoms with van der Waals surface area (Å²) in [6.07, 6.45) is 0.